The lowest BCUT2D eigenvalue weighted by molar-refractivity contribution is -0.970. The van der Waals surface area contributed by atoms with E-state index in [2.05, 4.69) is 14.0 Å². The number of piperidine rings is 2. The highest BCUT2D eigenvalue weighted by Crippen LogP contribution is 2.77. The molecule has 2 saturated heterocycles. The molecule has 2 aliphatic heterocycles. The smallest absolute Gasteiger partial charge is 0.111 e. The van der Waals surface area contributed by atoms with E-state index in [-0.39, 0.29) is 17.6 Å². The minimum Gasteiger partial charge on any atom is -0.392 e. The molecule has 9 atom stereocenters. The summed E-state index contributed by atoms with van der Waals surface area (Å²) in [6.45, 7) is 4.57. The van der Waals surface area contributed by atoms with E-state index in [0.717, 1.165) is 41.6 Å². The highest BCUT2D eigenvalue weighted by molar-refractivity contribution is 5.26. The first-order valence-corrected chi connectivity index (χ1v) is 8.64. The largest absolute Gasteiger partial charge is 0.392 e. The molecular weight excluding hydrogens is 250 g/mol. The van der Waals surface area contributed by atoms with Gasteiger partial charge in [0, 0.05) is 18.3 Å². The Labute approximate surface area is 121 Å². The molecule has 0 radical (unpaired) electrons. The fraction of sp³-hybridized carbons (Fsp3) is 1.00. The molecule has 1 spiro atoms. The van der Waals surface area contributed by atoms with Gasteiger partial charge in [-0.1, -0.05) is 6.92 Å². The molecule has 0 amide bonds. The van der Waals surface area contributed by atoms with Crippen molar-refractivity contribution in [3.05, 3.63) is 0 Å². The van der Waals surface area contributed by atoms with Crippen LogP contribution in [-0.2, 0) is 0 Å². The van der Waals surface area contributed by atoms with Crippen LogP contribution in [0, 0.1) is 29.1 Å². The van der Waals surface area contributed by atoms with Gasteiger partial charge in [0.1, 0.15) is 18.2 Å². The highest BCUT2D eigenvalue weighted by Gasteiger charge is 2.86. The minimum absolute atomic E-state index is 0.0509. The Bertz CT molecular complexity index is 482. The Morgan fingerprint density at radius 3 is 2.65 bits per heavy atom. The van der Waals surface area contributed by atoms with Crippen molar-refractivity contribution in [2.45, 2.75) is 56.8 Å². The summed E-state index contributed by atoms with van der Waals surface area (Å²) in [7, 11) is 2.40. The third-order valence-corrected chi connectivity index (χ3v) is 8.51. The van der Waals surface area contributed by atoms with E-state index in [1.54, 1.807) is 0 Å². The zero-order valence-corrected chi connectivity index (χ0v) is 12.8. The van der Waals surface area contributed by atoms with Crippen molar-refractivity contribution >= 4 is 0 Å². The van der Waals surface area contributed by atoms with Crippen LogP contribution < -0.4 is 0 Å². The summed E-state index contributed by atoms with van der Waals surface area (Å²) in [6.07, 6.45) is 5.51. The van der Waals surface area contributed by atoms with Gasteiger partial charge in [0.2, 0.25) is 0 Å². The van der Waals surface area contributed by atoms with Crippen LogP contribution in [-0.4, -0.2) is 52.6 Å². The van der Waals surface area contributed by atoms with Gasteiger partial charge < -0.3 is 14.7 Å². The normalized spacial score (nSPS) is 70.2. The van der Waals surface area contributed by atoms with Crippen LogP contribution in [0.3, 0.4) is 0 Å². The van der Waals surface area contributed by atoms with Crippen LogP contribution in [0.5, 0.6) is 0 Å². The van der Waals surface area contributed by atoms with Crippen molar-refractivity contribution in [3.8, 4) is 0 Å². The SMILES string of the molecule is C[C@@H]1C[C@H]2C[C@@H](O)[C@@]34C[C@H](O)C[N+]5(C)C[C@@H]3C[C@H]2[C@]45C1. The Hall–Kier alpha value is -0.120. The van der Waals surface area contributed by atoms with E-state index in [9.17, 15) is 10.2 Å². The maximum Gasteiger partial charge on any atom is 0.111 e. The molecule has 5 fully saturated rings. The summed E-state index contributed by atoms with van der Waals surface area (Å²) < 4.78 is 1.07. The molecule has 1 unspecified atom stereocenters. The van der Waals surface area contributed by atoms with Gasteiger partial charge in [-0.2, -0.15) is 0 Å². The zero-order chi connectivity index (χ0) is 13.9. The minimum atomic E-state index is -0.196. The first-order valence-electron chi connectivity index (χ1n) is 8.64. The molecule has 0 aromatic heterocycles. The highest BCUT2D eigenvalue weighted by atomic mass is 16.3. The molecule has 0 aromatic rings. The number of nitrogens with zero attached hydrogens (tertiary/aromatic N) is 1. The van der Waals surface area contributed by atoms with Crippen LogP contribution in [0.4, 0.5) is 0 Å². The van der Waals surface area contributed by atoms with Crippen LogP contribution in [0.25, 0.3) is 0 Å². The lowest BCUT2D eigenvalue weighted by Gasteiger charge is -2.66. The molecule has 0 aromatic carbocycles. The predicted octanol–water partition coefficient (Wildman–Crippen LogP) is 1.38. The van der Waals surface area contributed by atoms with Crippen LogP contribution in [0.1, 0.15) is 39.0 Å². The Balaban J connectivity index is 1.77. The summed E-state index contributed by atoms with van der Waals surface area (Å²) in [5, 5.41) is 21.6. The van der Waals surface area contributed by atoms with E-state index in [0.29, 0.717) is 11.5 Å². The molecule has 3 saturated carbocycles. The zero-order valence-electron chi connectivity index (χ0n) is 12.8. The van der Waals surface area contributed by atoms with Crippen molar-refractivity contribution in [3.63, 3.8) is 0 Å². The van der Waals surface area contributed by atoms with Crippen molar-refractivity contribution in [2.24, 2.45) is 29.1 Å². The van der Waals surface area contributed by atoms with Gasteiger partial charge in [-0.25, -0.2) is 0 Å². The molecule has 3 aliphatic carbocycles. The number of quaternary nitrogens is 1. The number of likely N-dealkylation sites (N-methyl/N-ethyl adjacent to an activating group) is 1. The number of rotatable bonds is 0. The molecule has 3 heteroatoms. The van der Waals surface area contributed by atoms with Gasteiger partial charge in [0.05, 0.1) is 25.1 Å². The van der Waals surface area contributed by atoms with Crippen LogP contribution in [0.15, 0.2) is 0 Å². The molecule has 5 rings (SSSR count). The van der Waals surface area contributed by atoms with Crippen LogP contribution in [0.2, 0.25) is 0 Å². The summed E-state index contributed by atoms with van der Waals surface area (Å²) >= 11 is 0. The fourth-order valence-electron chi connectivity index (χ4n) is 8.59. The van der Waals surface area contributed by atoms with E-state index >= 15 is 0 Å². The van der Waals surface area contributed by atoms with Gasteiger partial charge in [0.15, 0.2) is 0 Å². The standard InChI is InChI=1S/C17H28NO2/c1-10-3-11-4-15(20)16-7-13(19)9-18(2)8-12(16)5-14(11)17(16,18)6-10/h10-15,19-20H,3-9H2,1-2H3/q+1/t10-,11+,12+,13+,14-,15-,16-,17-,18?/m1/s1. The molecule has 6 bridgehead atoms. The third kappa shape index (κ3) is 0.986. The van der Waals surface area contributed by atoms with Crippen molar-refractivity contribution < 1.29 is 14.7 Å². The Morgan fingerprint density at radius 2 is 1.85 bits per heavy atom. The predicted molar refractivity (Wildman–Crippen MR) is 75.8 cm³/mol. The Kier molecular flexibility index (Phi) is 2.04. The number of hydrogen-bond donors (Lipinski definition) is 2. The van der Waals surface area contributed by atoms with E-state index in [4.69, 9.17) is 0 Å². The fourth-order valence-corrected chi connectivity index (χ4v) is 8.59. The monoisotopic (exact) mass is 278 g/mol. The molecule has 2 N–H and O–H groups in total. The first kappa shape index (κ1) is 12.4. The second-order valence-electron chi connectivity index (χ2n) is 9.18. The van der Waals surface area contributed by atoms with E-state index < -0.39 is 0 Å². The molecule has 112 valence electrons. The summed E-state index contributed by atoms with van der Waals surface area (Å²) in [6, 6.07) is 0. The number of hydrogen-bond acceptors (Lipinski definition) is 2. The van der Waals surface area contributed by atoms with Crippen LogP contribution >= 0.6 is 0 Å². The topological polar surface area (TPSA) is 40.5 Å². The second kappa shape index (κ2) is 3.28. The maximum atomic E-state index is 11.1. The van der Waals surface area contributed by atoms with Gasteiger partial charge in [-0.3, -0.25) is 0 Å². The molecule has 2 heterocycles. The average molecular weight is 278 g/mol. The van der Waals surface area contributed by atoms with Gasteiger partial charge >= 0.3 is 0 Å². The Morgan fingerprint density at radius 1 is 1.05 bits per heavy atom. The summed E-state index contributed by atoms with van der Waals surface area (Å²) in [5.74, 6) is 3.05. The first-order chi connectivity index (χ1) is 9.43. The third-order valence-electron chi connectivity index (χ3n) is 8.51. The van der Waals surface area contributed by atoms with Gasteiger partial charge in [-0.05, 0) is 37.5 Å². The van der Waals surface area contributed by atoms with E-state index in [1.165, 1.54) is 25.8 Å². The average Bonchev–Trinajstić information content (AvgIpc) is 2.60. The van der Waals surface area contributed by atoms with Gasteiger partial charge in [0.25, 0.3) is 0 Å². The molecule has 3 nitrogen and oxygen atoms in total. The number of aliphatic hydroxyl groups excluding tert-OH is 2. The van der Waals surface area contributed by atoms with E-state index in [1.807, 2.05) is 0 Å². The summed E-state index contributed by atoms with van der Waals surface area (Å²) in [4.78, 5) is 0. The molecule has 20 heavy (non-hydrogen) atoms. The van der Waals surface area contributed by atoms with Crippen molar-refractivity contribution in [1.29, 1.82) is 0 Å². The van der Waals surface area contributed by atoms with Crippen molar-refractivity contribution in [1.82, 2.24) is 0 Å². The lowest BCUT2D eigenvalue weighted by Crippen LogP contribution is -2.77. The second-order valence-corrected chi connectivity index (χ2v) is 9.18. The molecular formula is C17H28NO2+. The van der Waals surface area contributed by atoms with Crippen molar-refractivity contribution in [2.75, 3.05) is 20.1 Å². The quantitative estimate of drug-likeness (QED) is 0.657. The maximum absolute atomic E-state index is 11.1. The lowest BCUT2D eigenvalue weighted by atomic mass is 9.47. The molecule has 5 aliphatic rings. The summed E-state index contributed by atoms with van der Waals surface area (Å²) in [5.41, 5.74) is 0.353. The number of aliphatic hydroxyl groups is 2. The van der Waals surface area contributed by atoms with Gasteiger partial charge in [-0.15, -0.1) is 0 Å².